The summed E-state index contributed by atoms with van der Waals surface area (Å²) < 4.78 is 0. The molecule has 0 aliphatic carbocycles. The first-order valence-electron chi connectivity index (χ1n) is 4.10. The molecule has 1 unspecified atom stereocenters. The molecule has 0 aromatic heterocycles. The number of hydrogen-bond acceptors (Lipinski definition) is 1. The minimum absolute atomic E-state index is 0.532. The van der Waals surface area contributed by atoms with Crippen LogP contribution < -0.4 is 5.32 Å². The molecule has 0 aromatic rings. The maximum Gasteiger partial charge on any atom is 0.00960 e. The number of allylic oxidation sites excluding steroid dienone is 2. The van der Waals surface area contributed by atoms with Gasteiger partial charge in [-0.1, -0.05) is 31.2 Å². The molecule has 1 N–H and O–H groups in total. The summed E-state index contributed by atoms with van der Waals surface area (Å²) in [7, 11) is 1.98. The van der Waals surface area contributed by atoms with Gasteiger partial charge in [-0.2, -0.15) is 0 Å². The Morgan fingerprint density at radius 2 is 2.00 bits per heavy atom. The van der Waals surface area contributed by atoms with Gasteiger partial charge in [-0.05, 0) is 26.8 Å². The van der Waals surface area contributed by atoms with Gasteiger partial charge in [0.2, 0.25) is 0 Å². The van der Waals surface area contributed by atoms with E-state index in [0.29, 0.717) is 12.0 Å². The van der Waals surface area contributed by atoms with Crippen LogP contribution in [0.4, 0.5) is 0 Å². The van der Waals surface area contributed by atoms with Gasteiger partial charge in [0.1, 0.15) is 0 Å². The van der Waals surface area contributed by atoms with Crippen molar-refractivity contribution in [2.45, 2.75) is 26.8 Å². The summed E-state index contributed by atoms with van der Waals surface area (Å²) in [6.07, 6.45) is 4.12. The molecule has 1 nitrogen and oxygen atoms in total. The molecule has 64 valence electrons. The Bertz CT molecular complexity index is 147. The van der Waals surface area contributed by atoms with Gasteiger partial charge in [0.25, 0.3) is 0 Å². The van der Waals surface area contributed by atoms with Crippen molar-refractivity contribution in [3.8, 4) is 0 Å². The van der Waals surface area contributed by atoms with Gasteiger partial charge in [0.15, 0.2) is 0 Å². The highest BCUT2D eigenvalue weighted by Gasteiger charge is 2.05. The van der Waals surface area contributed by atoms with Gasteiger partial charge < -0.3 is 5.32 Å². The fourth-order valence-electron chi connectivity index (χ4n) is 0.890. The lowest BCUT2D eigenvalue weighted by atomic mass is 10.0. The third-order valence-corrected chi connectivity index (χ3v) is 2.09. The normalized spacial score (nSPS) is 17.6. The molecule has 0 rings (SSSR count). The molecule has 0 spiro atoms. The van der Waals surface area contributed by atoms with Gasteiger partial charge >= 0.3 is 0 Å². The van der Waals surface area contributed by atoms with Crippen molar-refractivity contribution in [3.63, 3.8) is 0 Å². The second-order valence-corrected chi connectivity index (χ2v) is 3.05. The first-order chi connectivity index (χ1) is 5.11. The van der Waals surface area contributed by atoms with Crippen LogP contribution in [0.1, 0.15) is 20.8 Å². The van der Waals surface area contributed by atoms with Crippen molar-refractivity contribution in [3.05, 3.63) is 24.3 Å². The Hall–Kier alpha value is -0.560. The molecule has 1 heteroatoms. The van der Waals surface area contributed by atoms with E-state index >= 15 is 0 Å². The summed E-state index contributed by atoms with van der Waals surface area (Å²) in [5, 5.41) is 3.22. The van der Waals surface area contributed by atoms with E-state index in [9.17, 15) is 0 Å². The largest absolute Gasteiger partial charge is 0.317 e. The van der Waals surface area contributed by atoms with Crippen LogP contribution in [0.15, 0.2) is 24.3 Å². The van der Waals surface area contributed by atoms with E-state index in [-0.39, 0.29) is 0 Å². The standard InChI is InChI=1S/C10H19N/c1-6-8(2)7-9(3)10(4)11-5/h6-7,9-11H,1H2,2-5H3/b8-7-/t9?,10-/m1/s1. The van der Waals surface area contributed by atoms with Crippen molar-refractivity contribution in [1.29, 1.82) is 0 Å². The smallest absolute Gasteiger partial charge is 0.00960 e. The Labute approximate surface area is 70.2 Å². The molecule has 0 saturated carbocycles. The molecular weight excluding hydrogens is 134 g/mol. The lowest BCUT2D eigenvalue weighted by Gasteiger charge is -2.15. The van der Waals surface area contributed by atoms with Crippen LogP contribution >= 0.6 is 0 Å². The summed E-state index contributed by atoms with van der Waals surface area (Å²) in [6, 6.07) is 0.532. The average Bonchev–Trinajstić information content (AvgIpc) is 2.02. The minimum atomic E-state index is 0.532. The van der Waals surface area contributed by atoms with E-state index in [1.165, 1.54) is 5.57 Å². The van der Waals surface area contributed by atoms with Crippen molar-refractivity contribution < 1.29 is 0 Å². The Balaban J connectivity index is 4.03. The third-order valence-electron chi connectivity index (χ3n) is 2.09. The van der Waals surface area contributed by atoms with Gasteiger partial charge in [-0.25, -0.2) is 0 Å². The molecular formula is C10H19N. The Kier molecular flexibility index (Phi) is 4.88. The van der Waals surface area contributed by atoms with E-state index in [1.807, 2.05) is 13.1 Å². The van der Waals surface area contributed by atoms with Crippen molar-refractivity contribution in [1.82, 2.24) is 5.32 Å². The second-order valence-electron chi connectivity index (χ2n) is 3.05. The SMILES string of the molecule is C=C/C(C)=C\C(C)[C@@H](C)NC. The lowest BCUT2D eigenvalue weighted by molar-refractivity contribution is 0.497. The van der Waals surface area contributed by atoms with E-state index in [1.54, 1.807) is 0 Å². The van der Waals surface area contributed by atoms with E-state index in [4.69, 9.17) is 0 Å². The number of rotatable bonds is 4. The molecule has 0 aliphatic rings. The molecule has 0 heterocycles. The third kappa shape index (κ3) is 3.99. The molecule has 0 amide bonds. The molecule has 11 heavy (non-hydrogen) atoms. The van der Waals surface area contributed by atoms with Crippen LogP contribution in [0.25, 0.3) is 0 Å². The summed E-state index contributed by atoms with van der Waals surface area (Å²) in [5.74, 6) is 0.568. The predicted molar refractivity (Wildman–Crippen MR) is 51.6 cm³/mol. The lowest BCUT2D eigenvalue weighted by Crippen LogP contribution is -2.27. The van der Waals surface area contributed by atoms with Crippen LogP contribution in [0.3, 0.4) is 0 Å². The number of nitrogens with one attached hydrogen (secondary N) is 1. The predicted octanol–water partition coefficient (Wildman–Crippen LogP) is 2.36. The molecule has 0 aliphatic heterocycles. The summed E-state index contributed by atoms with van der Waals surface area (Å²) in [5.41, 5.74) is 1.25. The van der Waals surface area contributed by atoms with E-state index in [0.717, 1.165) is 0 Å². The number of hydrogen-bond donors (Lipinski definition) is 1. The first-order valence-corrected chi connectivity index (χ1v) is 4.10. The van der Waals surface area contributed by atoms with Crippen LogP contribution in [0.5, 0.6) is 0 Å². The van der Waals surface area contributed by atoms with Gasteiger partial charge in [-0.15, -0.1) is 0 Å². The molecule has 0 saturated heterocycles. The van der Waals surface area contributed by atoms with Crippen LogP contribution in [0, 0.1) is 5.92 Å². The zero-order valence-corrected chi connectivity index (χ0v) is 8.02. The highest BCUT2D eigenvalue weighted by atomic mass is 14.9. The monoisotopic (exact) mass is 153 g/mol. The molecule has 0 bridgehead atoms. The summed E-state index contributed by atoms with van der Waals surface area (Å²) in [6.45, 7) is 10.2. The zero-order valence-electron chi connectivity index (χ0n) is 8.02. The maximum atomic E-state index is 3.71. The van der Waals surface area contributed by atoms with Gasteiger partial charge in [0.05, 0.1) is 0 Å². The summed E-state index contributed by atoms with van der Waals surface area (Å²) in [4.78, 5) is 0. The van der Waals surface area contributed by atoms with Crippen LogP contribution in [-0.2, 0) is 0 Å². The first kappa shape index (κ1) is 10.4. The topological polar surface area (TPSA) is 12.0 Å². The minimum Gasteiger partial charge on any atom is -0.317 e. The van der Waals surface area contributed by atoms with Crippen LogP contribution in [-0.4, -0.2) is 13.1 Å². The fourth-order valence-corrected chi connectivity index (χ4v) is 0.890. The summed E-state index contributed by atoms with van der Waals surface area (Å²) >= 11 is 0. The Morgan fingerprint density at radius 3 is 2.36 bits per heavy atom. The second kappa shape index (κ2) is 5.14. The fraction of sp³-hybridized carbons (Fsp3) is 0.600. The highest BCUT2D eigenvalue weighted by Crippen LogP contribution is 2.07. The van der Waals surface area contributed by atoms with Crippen LogP contribution in [0.2, 0.25) is 0 Å². The van der Waals surface area contributed by atoms with Gasteiger partial charge in [0, 0.05) is 6.04 Å². The quantitative estimate of drug-likeness (QED) is 0.611. The maximum absolute atomic E-state index is 3.71. The molecule has 0 fully saturated rings. The molecule has 0 radical (unpaired) electrons. The van der Waals surface area contributed by atoms with Crippen molar-refractivity contribution in [2.24, 2.45) is 5.92 Å². The zero-order chi connectivity index (χ0) is 8.85. The van der Waals surface area contributed by atoms with Crippen molar-refractivity contribution >= 4 is 0 Å². The average molecular weight is 153 g/mol. The van der Waals surface area contributed by atoms with E-state index < -0.39 is 0 Å². The molecule has 2 atom stereocenters. The molecule has 0 aromatic carbocycles. The van der Waals surface area contributed by atoms with Crippen molar-refractivity contribution in [2.75, 3.05) is 7.05 Å². The highest BCUT2D eigenvalue weighted by molar-refractivity contribution is 5.14. The van der Waals surface area contributed by atoms with Gasteiger partial charge in [-0.3, -0.25) is 0 Å². The van der Waals surface area contributed by atoms with E-state index in [2.05, 4.69) is 38.7 Å². The Morgan fingerprint density at radius 1 is 1.45 bits per heavy atom.